The van der Waals surface area contributed by atoms with E-state index in [1.54, 1.807) is 0 Å². The number of hydrogen-bond acceptors (Lipinski definition) is 3. The Morgan fingerprint density at radius 2 is 2.30 bits per heavy atom. The lowest BCUT2D eigenvalue weighted by molar-refractivity contribution is -0.147. The predicted octanol–water partition coefficient (Wildman–Crippen LogP) is 0.534. The molecule has 0 unspecified atom stereocenters. The van der Waals surface area contributed by atoms with Crippen molar-refractivity contribution in [3.63, 3.8) is 0 Å². The number of hydrogen-bond donors (Lipinski definition) is 1. The molecule has 0 radical (unpaired) electrons. The molecule has 0 aromatic heterocycles. The minimum Gasteiger partial charge on any atom is -0.464 e. The Morgan fingerprint density at radius 1 is 1.70 bits per heavy atom. The number of rotatable bonds is 4. The summed E-state index contributed by atoms with van der Waals surface area (Å²) >= 11 is 0. The van der Waals surface area contributed by atoms with Crippen molar-refractivity contribution in [1.82, 2.24) is 0 Å². The van der Waals surface area contributed by atoms with Gasteiger partial charge in [-0.15, -0.1) is 0 Å². The van der Waals surface area contributed by atoms with E-state index in [-0.39, 0.29) is 11.9 Å². The number of esters is 1. The number of carbonyl (C=O) groups excluding carboxylic acids is 1. The van der Waals surface area contributed by atoms with Crippen LogP contribution >= 0.6 is 0 Å². The van der Waals surface area contributed by atoms with Crippen molar-refractivity contribution in [3.8, 4) is 0 Å². The summed E-state index contributed by atoms with van der Waals surface area (Å²) in [4.78, 5) is 10.9. The summed E-state index contributed by atoms with van der Waals surface area (Å²) in [7, 11) is 0. The Bertz CT molecular complexity index is 104. The lowest BCUT2D eigenvalue weighted by Gasteiger charge is -2.06. The highest BCUT2D eigenvalue weighted by atomic mass is 16.5. The molecule has 10 heavy (non-hydrogen) atoms. The van der Waals surface area contributed by atoms with Gasteiger partial charge < -0.3 is 10.5 Å². The maximum absolute atomic E-state index is 10.9. The molecule has 0 amide bonds. The molecular weight excluding hydrogens is 130 g/mol. The van der Waals surface area contributed by atoms with Crippen LogP contribution in [0.15, 0.2) is 0 Å². The molecule has 0 aliphatic rings. The summed E-state index contributed by atoms with van der Waals surface area (Å²) in [6.45, 7) is 4.54. The fourth-order valence-corrected chi connectivity index (χ4v) is 0.468. The van der Waals surface area contributed by atoms with Crippen LogP contribution in [0, 0.1) is 5.92 Å². The van der Waals surface area contributed by atoms with Gasteiger partial charge in [0, 0.05) is 6.54 Å². The van der Waals surface area contributed by atoms with Gasteiger partial charge in [0.05, 0.1) is 5.92 Å². The van der Waals surface area contributed by atoms with Gasteiger partial charge in [-0.25, -0.2) is 0 Å². The smallest absolute Gasteiger partial charge is 0.308 e. The first-order chi connectivity index (χ1) is 4.72. The van der Waals surface area contributed by atoms with Crippen LogP contribution in [-0.4, -0.2) is 19.1 Å². The van der Waals surface area contributed by atoms with E-state index in [1.807, 2.05) is 13.8 Å². The number of ether oxygens (including phenoxy) is 1. The first kappa shape index (κ1) is 9.43. The standard InChI is InChI=1S/C7H15NO2/c1-3-6(2)7(9)10-5-4-8/h6H,3-5,8H2,1-2H3/t6-/m0/s1. The van der Waals surface area contributed by atoms with E-state index in [2.05, 4.69) is 0 Å². The molecule has 2 N–H and O–H groups in total. The molecule has 0 aromatic rings. The van der Waals surface area contributed by atoms with E-state index in [4.69, 9.17) is 10.5 Å². The Hall–Kier alpha value is -0.570. The maximum atomic E-state index is 10.9. The van der Waals surface area contributed by atoms with Gasteiger partial charge in [0.1, 0.15) is 6.61 Å². The molecule has 0 aliphatic heterocycles. The first-order valence-electron chi connectivity index (χ1n) is 3.59. The van der Waals surface area contributed by atoms with Crippen LogP contribution in [0.1, 0.15) is 20.3 Å². The highest BCUT2D eigenvalue weighted by molar-refractivity contribution is 5.71. The van der Waals surface area contributed by atoms with Crippen LogP contribution in [0.4, 0.5) is 0 Å². The first-order valence-corrected chi connectivity index (χ1v) is 3.59. The largest absolute Gasteiger partial charge is 0.464 e. The van der Waals surface area contributed by atoms with E-state index < -0.39 is 0 Å². The molecule has 0 spiro atoms. The van der Waals surface area contributed by atoms with E-state index >= 15 is 0 Å². The number of nitrogens with two attached hydrogens (primary N) is 1. The van der Waals surface area contributed by atoms with E-state index in [0.717, 1.165) is 6.42 Å². The Kier molecular flexibility index (Phi) is 4.94. The van der Waals surface area contributed by atoms with Gasteiger partial charge in [-0.1, -0.05) is 13.8 Å². The van der Waals surface area contributed by atoms with E-state index in [9.17, 15) is 4.79 Å². The molecule has 0 aliphatic carbocycles. The van der Waals surface area contributed by atoms with Gasteiger partial charge >= 0.3 is 5.97 Å². The second kappa shape index (κ2) is 5.23. The molecule has 60 valence electrons. The summed E-state index contributed by atoms with van der Waals surface area (Å²) in [5, 5.41) is 0. The van der Waals surface area contributed by atoms with Gasteiger partial charge in [0.2, 0.25) is 0 Å². The van der Waals surface area contributed by atoms with E-state index in [0.29, 0.717) is 13.2 Å². The summed E-state index contributed by atoms with van der Waals surface area (Å²) in [5.74, 6) is -0.139. The van der Waals surface area contributed by atoms with Gasteiger partial charge in [0.25, 0.3) is 0 Å². The van der Waals surface area contributed by atoms with Crippen molar-refractivity contribution in [2.45, 2.75) is 20.3 Å². The average molecular weight is 145 g/mol. The molecule has 1 atom stereocenters. The second-order valence-electron chi connectivity index (χ2n) is 2.27. The summed E-state index contributed by atoms with van der Waals surface area (Å²) in [6, 6.07) is 0. The lowest BCUT2D eigenvalue weighted by Crippen LogP contribution is -2.18. The highest BCUT2D eigenvalue weighted by Gasteiger charge is 2.10. The third kappa shape index (κ3) is 3.45. The number of carbonyl (C=O) groups is 1. The minimum atomic E-state index is -0.145. The molecular formula is C7H15NO2. The van der Waals surface area contributed by atoms with Gasteiger partial charge in [-0.05, 0) is 6.42 Å². The third-order valence-electron chi connectivity index (χ3n) is 1.38. The van der Waals surface area contributed by atoms with Crippen molar-refractivity contribution in [1.29, 1.82) is 0 Å². The third-order valence-corrected chi connectivity index (χ3v) is 1.38. The quantitative estimate of drug-likeness (QED) is 0.587. The Balaban J connectivity index is 3.42. The summed E-state index contributed by atoms with van der Waals surface area (Å²) in [6.07, 6.45) is 0.823. The van der Waals surface area contributed by atoms with Gasteiger partial charge in [-0.3, -0.25) is 4.79 Å². The predicted molar refractivity (Wildman–Crippen MR) is 39.5 cm³/mol. The van der Waals surface area contributed by atoms with Gasteiger partial charge in [-0.2, -0.15) is 0 Å². The van der Waals surface area contributed by atoms with Crippen molar-refractivity contribution in [2.24, 2.45) is 11.7 Å². The summed E-state index contributed by atoms with van der Waals surface area (Å²) < 4.78 is 4.78. The Morgan fingerprint density at radius 3 is 2.70 bits per heavy atom. The molecule has 0 aromatic carbocycles. The van der Waals surface area contributed by atoms with Crippen LogP contribution in [0.2, 0.25) is 0 Å². The molecule has 3 heteroatoms. The van der Waals surface area contributed by atoms with Crippen LogP contribution in [0.25, 0.3) is 0 Å². The SMILES string of the molecule is CC[C@H](C)C(=O)OCCN. The van der Waals surface area contributed by atoms with Gasteiger partial charge in [0.15, 0.2) is 0 Å². The van der Waals surface area contributed by atoms with Crippen molar-refractivity contribution in [3.05, 3.63) is 0 Å². The highest BCUT2D eigenvalue weighted by Crippen LogP contribution is 2.01. The molecule has 0 heterocycles. The van der Waals surface area contributed by atoms with Crippen LogP contribution < -0.4 is 5.73 Å². The van der Waals surface area contributed by atoms with E-state index in [1.165, 1.54) is 0 Å². The zero-order chi connectivity index (χ0) is 7.98. The average Bonchev–Trinajstić information content (AvgIpc) is 1.98. The Labute approximate surface area is 61.5 Å². The normalized spacial score (nSPS) is 12.7. The molecule has 3 nitrogen and oxygen atoms in total. The molecule has 0 rings (SSSR count). The lowest BCUT2D eigenvalue weighted by atomic mass is 10.1. The minimum absolute atomic E-state index is 0.00606. The fourth-order valence-electron chi connectivity index (χ4n) is 0.468. The zero-order valence-corrected chi connectivity index (χ0v) is 6.59. The maximum Gasteiger partial charge on any atom is 0.308 e. The zero-order valence-electron chi connectivity index (χ0n) is 6.59. The summed E-state index contributed by atoms with van der Waals surface area (Å²) in [5.41, 5.74) is 5.14. The van der Waals surface area contributed by atoms with Crippen LogP contribution in [0.3, 0.4) is 0 Å². The van der Waals surface area contributed by atoms with Crippen molar-refractivity contribution >= 4 is 5.97 Å². The molecule has 0 fully saturated rings. The molecule has 0 saturated carbocycles. The van der Waals surface area contributed by atoms with Crippen molar-refractivity contribution in [2.75, 3.05) is 13.2 Å². The molecule has 0 bridgehead atoms. The fraction of sp³-hybridized carbons (Fsp3) is 0.857. The van der Waals surface area contributed by atoms with Crippen LogP contribution in [-0.2, 0) is 9.53 Å². The monoisotopic (exact) mass is 145 g/mol. The second-order valence-corrected chi connectivity index (χ2v) is 2.27. The topological polar surface area (TPSA) is 52.3 Å². The molecule has 0 saturated heterocycles. The van der Waals surface area contributed by atoms with Crippen molar-refractivity contribution < 1.29 is 9.53 Å². The van der Waals surface area contributed by atoms with Crippen LogP contribution in [0.5, 0.6) is 0 Å².